The summed E-state index contributed by atoms with van der Waals surface area (Å²) in [6.45, 7) is 5.26. The molecule has 1 fully saturated rings. The van der Waals surface area contributed by atoms with Crippen molar-refractivity contribution >= 4 is 0 Å². The molecule has 1 aliphatic rings. The molecule has 0 aromatic heterocycles. The van der Waals surface area contributed by atoms with Gasteiger partial charge in [0.15, 0.2) is 0 Å². The third-order valence-corrected chi connectivity index (χ3v) is 3.77. The average molecular weight is 228 g/mol. The highest BCUT2D eigenvalue weighted by molar-refractivity contribution is 5.23. The van der Waals surface area contributed by atoms with Gasteiger partial charge in [-0.2, -0.15) is 5.26 Å². The second-order valence-electron chi connectivity index (χ2n) is 5.35. The van der Waals surface area contributed by atoms with Crippen LogP contribution in [0.15, 0.2) is 24.3 Å². The zero-order valence-electron chi connectivity index (χ0n) is 10.7. The minimum Gasteiger partial charge on any atom is -0.310 e. The molecule has 17 heavy (non-hydrogen) atoms. The van der Waals surface area contributed by atoms with Crippen molar-refractivity contribution < 1.29 is 0 Å². The fourth-order valence-electron chi connectivity index (χ4n) is 2.10. The van der Waals surface area contributed by atoms with Gasteiger partial charge in [0.25, 0.3) is 0 Å². The Bertz CT molecular complexity index is 410. The molecule has 1 aliphatic carbocycles. The Balaban J connectivity index is 1.87. The van der Waals surface area contributed by atoms with Gasteiger partial charge >= 0.3 is 0 Å². The molecule has 1 atom stereocenters. The molecule has 0 spiro atoms. The van der Waals surface area contributed by atoms with Crippen LogP contribution in [0.25, 0.3) is 0 Å². The maximum absolute atomic E-state index is 8.78. The van der Waals surface area contributed by atoms with E-state index in [2.05, 4.69) is 49.5 Å². The predicted molar refractivity (Wildman–Crippen MR) is 69.5 cm³/mol. The molecule has 0 saturated heterocycles. The van der Waals surface area contributed by atoms with Gasteiger partial charge in [-0.15, -0.1) is 0 Å². The van der Waals surface area contributed by atoms with Crippen LogP contribution < -0.4 is 5.32 Å². The van der Waals surface area contributed by atoms with Gasteiger partial charge in [0.05, 0.1) is 6.07 Å². The van der Waals surface area contributed by atoms with E-state index in [9.17, 15) is 0 Å². The zero-order valence-corrected chi connectivity index (χ0v) is 10.7. The smallest absolute Gasteiger partial charge is 0.0628 e. The Hall–Kier alpha value is -1.33. The quantitative estimate of drug-likeness (QED) is 0.839. The number of aryl methyl sites for hydroxylation is 1. The van der Waals surface area contributed by atoms with Crippen LogP contribution in [-0.2, 0) is 0 Å². The van der Waals surface area contributed by atoms with E-state index in [4.69, 9.17) is 5.26 Å². The predicted octanol–water partition coefficient (Wildman–Crippen LogP) is 3.34. The van der Waals surface area contributed by atoms with E-state index in [0.29, 0.717) is 12.5 Å². The third-order valence-electron chi connectivity index (χ3n) is 3.77. The van der Waals surface area contributed by atoms with E-state index in [-0.39, 0.29) is 5.41 Å². The van der Waals surface area contributed by atoms with Crippen LogP contribution in [0.5, 0.6) is 0 Å². The van der Waals surface area contributed by atoms with Crippen LogP contribution in [0.2, 0.25) is 0 Å². The van der Waals surface area contributed by atoms with Gasteiger partial charge in [0, 0.05) is 19.0 Å². The normalized spacial score (nSPS) is 18.4. The summed E-state index contributed by atoms with van der Waals surface area (Å²) in [4.78, 5) is 0. The first-order valence-electron chi connectivity index (χ1n) is 6.32. The lowest BCUT2D eigenvalue weighted by atomic mass is 10.0. The van der Waals surface area contributed by atoms with E-state index >= 15 is 0 Å². The van der Waals surface area contributed by atoms with Crippen molar-refractivity contribution in [2.24, 2.45) is 5.41 Å². The highest BCUT2D eigenvalue weighted by Gasteiger charge is 2.42. The Morgan fingerprint density at radius 2 is 2.00 bits per heavy atom. The first-order valence-corrected chi connectivity index (χ1v) is 6.32. The molecular weight excluding hydrogens is 208 g/mol. The molecule has 0 radical (unpaired) electrons. The Kier molecular flexibility index (Phi) is 3.49. The zero-order chi connectivity index (χ0) is 12.3. The van der Waals surface area contributed by atoms with Crippen LogP contribution in [-0.4, -0.2) is 6.54 Å². The highest BCUT2D eigenvalue weighted by atomic mass is 14.9. The molecule has 2 heteroatoms. The Morgan fingerprint density at radius 1 is 1.35 bits per heavy atom. The summed E-state index contributed by atoms with van der Waals surface area (Å²) in [5, 5.41) is 12.3. The summed E-state index contributed by atoms with van der Waals surface area (Å²) in [5.74, 6) is 0. The van der Waals surface area contributed by atoms with Crippen LogP contribution in [0.4, 0.5) is 0 Å². The van der Waals surface area contributed by atoms with Crippen molar-refractivity contribution in [3.63, 3.8) is 0 Å². The van der Waals surface area contributed by atoms with Gasteiger partial charge in [0.1, 0.15) is 0 Å². The number of rotatable bonds is 5. The fraction of sp³-hybridized carbons (Fsp3) is 0.533. The van der Waals surface area contributed by atoms with Crippen molar-refractivity contribution in [1.82, 2.24) is 5.32 Å². The van der Waals surface area contributed by atoms with E-state index in [0.717, 1.165) is 6.54 Å². The van der Waals surface area contributed by atoms with Crippen molar-refractivity contribution in [2.75, 3.05) is 6.54 Å². The van der Waals surface area contributed by atoms with E-state index in [1.807, 2.05) is 0 Å². The molecule has 2 rings (SSSR count). The van der Waals surface area contributed by atoms with Gasteiger partial charge in [-0.25, -0.2) is 0 Å². The summed E-state index contributed by atoms with van der Waals surface area (Å²) in [5.41, 5.74) is 2.90. The second-order valence-corrected chi connectivity index (χ2v) is 5.35. The topological polar surface area (TPSA) is 35.8 Å². The van der Waals surface area contributed by atoms with Gasteiger partial charge in [-0.1, -0.05) is 29.8 Å². The number of nitriles is 1. The number of nitrogens with zero attached hydrogens (tertiary/aromatic N) is 1. The first-order chi connectivity index (χ1) is 8.15. The molecule has 1 unspecified atom stereocenters. The minimum absolute atomic E-state index is 0.285. The summed E-state index contributed by atoms with van der Waals surface area (Å²) in [7, 11) is 0. The molecule has 90 valence electrons. The van der Waals surface area contributed by atoms with Crippen molar-refractivity contribution in [1.29, 1.82) is 5.26 Å². The maximum Gasteiger partial charge on any atom is 0.0628 e. The van der Waals surface area contributed by atoms with Gasteiger partial charge in [-0.05, 0) is 37.7 Å². The average Bonchev–Trinajstić information content (AvgIpc) is 3.08. The Morgan fingerprint density at radius 3 is 2.53 bits per heavy atom. The SMILES string of the molecule is Cc1ccc(C(C)NCC2(CC#N)CC2)cc1. The van der Waals surface area contributed by atoms with Gasteiger partial charge < -0.3 is 5.32 Å². The van der Waals surface area contributed by atoms with Crippen LogP contribution in [0, 0.1) is 23.7 Å². The monoisotopic (exact) mass is 228 g/mol. The third kappa shape index (κ3) is 3.08. The molecule has 1 aromatic carbocycles. The standard InChI is InChI=1S/C15H20N2/c1-12-3-5-14(6-4-12)13(2)17-11-15(7-8-15)9-10-16/h3-6,13,17H,7-9,11H2,1-2H3. The molecule has 0 amide bonds. The van der Waals surface area contributed by atoms with E-state index in [1.54, 1.807) is 0 Å². The fourth-order valence-corrected chi connectivity index (χ4v) is 2.10. The molecule has 0 heterocycles. The van der Waals surface area contributed by atoms with Crippen LogP contribution in [0.1, 0.15) is 43.4 Å². The minimum atomic E-state index is 0.285. The number of nitrogens with one attached hydrogen (secondary N) is 1. The van der Waals surface area contributed by atoms with Gasteiger partial charge in [0.2, 0.25) is 0 Å². The molecule has 1 N–H and O–H groups in total. The maximum atomic E-state index is 8.78. The molecular formula is C15H20N2. The first kappa shape index (κ1) is 12.1. The lowest BCUT2D eigenvalue weighted by Crippen LogP contribution is -2.26. The van der Waals surface area contributed by atoms with E-state index in [1.165, 1.54) is 24.0 Å². The summed E-state index contributed by atoms with van der Waals surface area (Å²) in [6.07, 6.45) is 3.10. The summed E-state index contributed by atoms with van der Waals surface area (Å²) >= 11 is 0. The van der Waals surface area contributed by atoms with Crippen molar-refractivity contribution in [3.05, 3.63) is 35.4 Å². The molecule has 2 nitrogen and oxygen atoms in total. The second kappa shape index (κ2) is 4.89. The number of benzene rings is 1. The summed E-state index contributed by atoms with van der Waals surface area (Å²) < 4.78 is 0. The van der Waals surface area contributed by atoms with Crippen LogP contribution >= 0.6 is 0 Å². The lowest BCUT2D eigenvalue weighted by Gasteiger charge is -2.18. The molecule has 0 aliphatic heterocycles. The summed E-state index contributed by atoms with van der Waals surface area (Å²) in [6, 6.07) is 11.3. The van der Waals surface area contributed by atoms with Crippen molar-refractivity contribution in [3.8, 4) is 6.07 Å². The number of hydrogen-bond acceptors (Lipinski definition) is 2. The molecule has 0 bridgehead atoms. The molecule has 1 aromatic rings. The highest BCUT2D eigenvalue weighted by Crippen LogP contribution is 2.48. The largest absolute Gasteiger partial charge is 0.310 e. The Labute approximate surface area is 104 Å². The van der Waals surface area contributed by atoms with Gasteiger partial charge in [-0.3, -0.25) is 0 Å². The van der Waals surface area contributed by atoms with E-state index < -0.39 is 0 Å². The van der Waals surface area contributed by atoms with Crippen molar-refractivity contribution in [2.45, 2.75) is 39.2 Å². The lowest BCUT2D eigenvalue weighted by molar-refractivity contribution is 0.433. The van der Waals surface area contributed by atoms with Crippen LogP contribution in [0.3, 0.4) is 0 Å². The molecule has 1 saturated carbocycles. The number of hydrogen-bond donors (Lipinski definition) is 1.